The number of benzene rings is 1. The average Bonchev–Trinajstić information content (AvgIpc) is 3.65. The molecule has 0 aromatic heterocycles. The first-order valence-electron chi connectivity index (χ1n) is 14.4. The summed E-state index contributed by atoms with van der Waals surface area (Å²) in [7, 11) is 1.59. The molecule has 2 N–H and O–H groups in total. The molecular formula is C30H39N3O7. The number of hydrogen-bond acceptors (Lipinski definition) is 10. The molecule has 0 saturated carbocycles. The molecule has 5 aliphatic rings. The van der Waals surface area contributed by atoms with Crippen LogP contribution >= 0.6 is 0 Å². The Labute approximate surface area is 234 Å². The minimum absolute atomic E-state index is 0.00732. The molecule has 10 heteroatoms. The molecule has 2 saturated heterocycles. The smallest absolute Gasteiger partial charge is 0.339 e. The Morgan fingerprint density at radius 2 is 1.98 bits per heavy atom. The number of nitrogens with one attached hydrogen (secondary N) is 1. The lowest BCUT2D eigenvalue weighted by atomic mass is 9.77. The molecule has 0 amide bonds. The van der Waals surface area contributed by atoms with Gasteiger partial charge in [0.25, 0.3) is 0 Å². The molecule has 4 atom stereocenters. The van der Waals surface area contributed by atoms with Gasteiger partial charge in [0.15, 0.2) is 23.2 Å². The van der Waals surface area contributed by atoms with E-state index in [0.29, 0.717) is 17.8 Å². The minimum Gasteiger partial charge on any atom is -0.497 e. The van der Waals surface area contributed by atoms with Gasteiger partial charge in [-0.05, 0) is 55.1 Å². The summed E-state index contributed by atoms with van der Waals surface area (Å²) in [6.45, 7) is 6.49. The first-order chi connectivity index (χ1) is 19.5. The zero-order chi connectivity index (χ0) is 27.7. The summed E-state index contributed by atoms with van der Waals surface area (Å²) in [5.74, 6) is 0.924. The van der Waals surface area contributed by atoms with Crippen LogP contribution in [0.4, 0.5) is 0 Å². The average molecular weight is 554 g/mol. The monoisotopic (exact) mass is 553 g/mol. The van der Waals surface area contributed by atoms with E-state index in [1.54, 1.807) is 13.2 Å². The maximum atomic E-state index is 13.7. The molecule has 0 radical (unpaired) electrons. The van der Waals surface area contributed by atoms with E-state index in [-0.39, 0.29) is 31.1 Å². The zero-order valence-electron chi connectivity index (χ0n) is 23.1. The van der Waals surface area contributed by atoms with Crippen LogP contribution in [0.1, 0.15) is 42.7 Å². The maximum absolute atomic E-state index is 13.7. The Morgan fingerprint density at radius 3 is 2.75 bits per heavy atom. The highest BCUT2D eigenvalue weighted by Gasteiger charge is 2.58. The summed E-state index contributed by atoms with van der Waals surface area (Å²) in [5, 5.41) is 14.7. The number of rotatable bonds is 9. The van der Waals surface area contributed by atoms with Crippen LogP contribution in [0.25, 0.3) is 0 Å². The van der Waals surface area contributed by atoms with E-state index in [1.807, 2.05) is 18.2 Å². The molecule has 40 heavy (non-hydrogen) atoms. The fraction of sp³-hybridized carbons (Fsp3) is 0.600. The molecule has 4 aliphatic heterocycles. The van der Waals surface area contributed by atoms with E-state index in [0.717, 1.165) is 82.0 Å². The van der Waals surface area contributed by atoms with Crippen LogP contribution < -0.4 is 14.8 Å². The van der Waals surface area contributed by atoms with Gasteiger partial charge in [0, 0.05) is 52.1 Å². The highest BCUT2D eigenvalue weighted by molar-refractivity contribution is 5.83. The predicted molar refractivity (Wildman–Crippen MR) is 146 cm³/mol. The number of aliphatic hydroxyl groups is 1. The second-order valence-electron chi connectivity index (χ2n) is 11.4. The van der Waals surface area contributed by atoms with Crippen LogP contribution in [0.3, 0.4) is 0 Å². The van der Waals surface area contributed by atoms with Crippen molar-refractivity contribution in [1.82, 2.24) is 15.1 Å². The van der Waals surface area contributed by atoms with Gasteiger partial charge in [0.05, 0.1) is 18.6 Å². The summed E-state index contributed by atoms with van der Waals surface area (Å²) in [6, 6.07) is 4.07. The minimum atomic E-state index is -1.96. The number of carbonyl (C=O) groups excluding carboxylic acids is 2. The molecule has 1 aromatic rings. The van der Waals surface area contributed by atoms with Gasteiger partial charge in [-0.2, -0.15) is 0 Å². The van der Waals surface area contributed by atoms with Gasteiger partial charge >= 0.3 is 5.97 Å². The van der Waals surface area contributed by atoms with Crippen LogP contribution in [-0.4, -0.2) is 104 Å². The lowest BCUT2D eigenvalue weighted by Crippen LogP contribution is -2.49. The molecule has 1 aliphatic carbocycles. The Hall–Kier alpha value is -2.92. The summed E-state index contributed by atoms with van der Waals surface area (Å²) in [4.78, 5) is 30.0. The number of fused-ring (bicyclic) bond motifs is 3. The van der Waals surface area contributed by atoms with E-state index in [9.17, 15) is 14.7 Å². The molecule has 6 rings (SSSR count). The third-order valence-electron chi connectivity index (χ3n) is 9.19. The van der Waals surface area contributed by atoms with E-state index in [1.165, 1.54) is 0 Å². The summed E-state index contributed by atoms with van der Waals surface area (Å²) in [5.41, 5.74) is -0.159. The van der Waals surface area contributed by atoms with Crippen molar-refractivity contribution in [3.8, 4) is 11.5 Å². The molecule has 216 valence electrons. The lowest BCUT2D eigenvalue weighted by Gasteiger charge is -2.39. The second-order valence-corrected chi connectivity index (χ2v) is 11.4. The molecular weight excluding hydrogens is 514 g/mol. The topological polar surface area (TPSA) is 110 Å². The molecule has 1 aromatic carbocycles. The third kappa shape index (κ3) is 4.81. The van der Waals surface area contributed by atoms with Crippen molar-refractivity contribution in [3.05, 3.63) is 47.2 Å². The fourth-order valence-electron chi connectivity index (χ4n) is 7.10. The van der Waals surface area contributed by atoms with Crippen molar-refractivity contribution in [3.63, 3.8) is 0 Å². The second kappa shape index (κ2) is 11.2. The Morgan fingerprint density at radius 1 is 1.18 bits per heavy atom. The number of nitrogens with zero attached hydrogens (tertiary/aromatic N) is 2. The van der Waals surface area contributed by atoms with Crippen molar-refractivity contribution in [2.75, 3.05) is 59.7 Å². The molecule has 2 fully saturated rings. The van der Waals surface area contributed by atoms with Crippen LogP contribution in [0.15, 0.2) is 36.1 Å². The van der Waals surface area contributed by atoms with Gasteiger partial charge < -0.3 is 34.2 Å². The van der Waals surface area contributed by atoms with E-state index in [2.05, 4.69) is 21.2 Å². The Bertz CT molecular complexity index is 1200. The van der Waals surface area contributed by atoms with Gasteiger partial charge in [-0.15, -0.1) is 0 Å². The number of aldehydes is 1. The van der Waals surface area contributed by atoms with Crippen LogP contribution in [0.2, 0.25) is 0 Å². The zero-order valence-corrected chi connectivity index (χ0v) is 23.1. The molecule has 4 heterocycles. The first kappa shape index (κ1) is 27.3. The summed E-state index contributed by atoms with van der Waals surface area (Å²) < 4.78 is 23.4. The number of carbonyl (C=O) groups is 2. The predicted octanol–water partition coefficient (Wildman–Crippen LogP) is 1.52. The van der Waals surface area contributed by atoms with Crippen LogP contribution in [0.5, 0.6) is 11.5 Å². The Kier molecular flexibility index (Phi) is 7.60. The number of piperazine rings is 1. The van der Waals surface area contributed by atoms with Gasteiger partial charge in [0.2, 0.25) is 6.79 Å². The highest BCUT2D eigenvalue weighted by atomic mass is 16.7. The van der Waals surface area contributed by atoms with Crippen LogP contribution in [0, 0.1) is 0 Å². The van der Waals surface area contributed by atoms with Crippen molar-refractivity contribution in [2.24, 2.45) is 0 Å². The van der Waals surface area contributed by atoms with Crippen LogP contribution in [-0.2, 0) is 25.5 Å². The number of esters is 1. The largest absolute Gasteiger partial charge is 0.497 e. The lowest BCUT2D eigenvalue weighted by molar-refractivity contribution is -0.173. The van der Waals surface area contributed by atoms with Crippen molar-refractivity contribution < 1.29 is 33.6 Å². The van der Waals surface area contributed by atoms with E-state index < -0.39 is 17.7 Å². The van der Waals surface area contributed by atoms with E-state index in [4.69, 9.17) is 18.9 Å². The third-order valence-corrected chi connectivity index (χ3v) is 9.19. The SMILES string of the molecule is COC1=C[C@]23CCCN2CCc2cc4c(cc2[C@@H]3[C@@H]1OC(=O)[C@](O)(CC=O)C/C=C/CN1CCNCC1)OCO4. The first-order valence-corrected chi connectivity index (χ1v) is 14.4. The van der Waals surface area contributed by atoms with Crippen molar-refractivity contribution >= 4 is 12.3 Å². The van der Waals surface area contributed by atoms with Gasteiger partial charge in [0.1, 0.15) is 12.0 Å². The molecule has 0 unspecified atom stereocenters. The number of hydrogen-bond donors (Lipinski definition) is 2. The standard InChI is InChI=1S/C30H39N3O7/c1-37-25-19-29-6-4-12-33(29)13-5-21-17-23-24(39-20-38-23)18-22(21)26(29)27(25)40-28(35)30(36,8-16-34)7-2-3-11-32-14-9-31-10-15-32/h2-3,16-19,26-27,31,36H,4-15,20H2,1H3/b3-2+/t26-,27-,29+,30-/m1/s1. The molecule has 1 spiro atoms. The maximum Gasteiger partial charge on any atom is 0.339 e. The van der Waals surface area contributed by atoms with Gasteiger partial charge in [-0.3, -0.25) is 9.80 Å². The van der Waals surface area contributed by atoms with Gasteiger partial charge in [-0.1, -0.05) is 12.2 Å². The Balaban J connectivity index is 1.28. The van der Waals surface area contributed by atoms with Crippen molar-refractivity contribution in [2.45, 2.75) is 55.3 Å². The normalized spacial score (nSPS) is 29.2. The fourth-order valence-corrected chi connectivity index (χ4v) is 7.10. The number of ether oxygens (including phenoxy) is 4. The summed E-state index contributed by atoms with van der Waals surface area (Å²) >= 11 is 0. The van der Waals surface area contributed by atoms with Crippen molar-refractivity contribution in [1.29, 1.82) is 0 Å². The van der Waals surface area contributed by atoms with E-state index >= 15 is 0 Å². The van der Waals surface area contributed by atoms with Gasteiger partial charge in [-0.25, -0.2) is 4.79 Å². The summed E-state index contributed by atoms with van der Waals surface area (Å²) in [6.07, 6.45) is 8.08. The highest BCUT2D eigenvalue weighted by Crippen LogP contribution is 2.55. The quantitative estimate of drug-likeness (QED) is 0.265. The molecule has 0 bridgehead atoms. The molecule has 10 nitrogen and oxygen atoms in total. The number of methoxy groups -OCH3 is 1.